The summed E-state index contributed by atoms with van der Waals surface area (Å²) in [7, 11) is 0. The Labute approximate surface area is 129 Å². The van der Waals surface area contributed by atoms with Gasteiger partial charge in [-0.05, 0) is 55.1 Å². The predicted molar refractivity (Wildman–Crippen MR) is 97.0 cm³/mol. The van der Waals surface area contributed by atoms with Crippen LogP contribution in [0.1, 0.15) is 12.5 Å². The highest BCUT2D eigenvalue weighted by molar-refractivity contribution is 6.33. The van der Waals surface area contributed by atoms with Crippen LogP contribution in [0.25, 0.3) is 43.1 Å². The van der Waals surface area contributed by atoms with Crippen LogP contribution in [0, 0.1) is 0 Å². The zero-order chi connectivity index (χ0) is 14.7. The molecule has 0 atom stereocenters. The fourth-order valence-corrected chi connectivity index (χ4v) is 4.02. The maximum atomic E-state index is 2.30. The van der Waals surface area contributed by atoms with Gasteiger partial charge in [0, 0.05) is 0 Å². The Bertz CT molecular complexity index is 1140. The number of hydrogen-bond acceptors (Lipinski definition) is 0. The van der Waals surface area contributed by atoms with Crippen LogP contribution in [-0.2, 0) is 6.42 Å². The van der Waals surface area contributed by atoms with Gasteiger partial charge in [0.25, 0.3) is 0 Å². The molecule has 0 saturated carbocycles. The number of aryl methyl sites for hydroxylation is 1. The molecule has 0 unspecified atom stereocenters. The van der Waals surface area contributed by atoms with Gasteiger partial charge in [0.15, 0.2) is 0 Å². The number of hydrogen-bond donors (Lipinski definition) is 0. The first-order valence-corrected chi connectivity index (χ1v) is 7.95. The number of benzene rings is 5. The van der Waals surface area contributed by atoms with Gasteiger partial charge in [-0.2, -0.15) is 0 Å². The Morgan fingerprint density at radius 1 is 0.545 bits per heavy atom. The zero-order valence-corrected chi connectivity index (χ0v) is 12.6. The first kappa shape index (κ1) is 12.0. The molecule has 104 valence electrons. The second-order valence-electron chi connectivity index (χ2n) is 6.07. The first-order valence-electron chi connectivity index (χ1n) is 7.95. The highest BCUT2D eigenvalue weighted by Gasteiger charge is 2.14. The molecule has 0 fully saturated rings. The van der Waals surface area contributed by atoms with Gasteiger partial charge in [-0.25, -0.2) is 0 Å². The second-order valence-corrected chi connectivity index (χ2v) is 6.07. The Morgan fingerprint density at radius 2 is 1.14 bits per heavy atom. The summed E-state index contributed by atoms with van der Waals surface area (Å²) in [6.07, 6.45) is 1.07. The van der Waals surface area contributed by atoms with Crippen LogP contribution in [0.15, 0.2) is 66.7 Å². The highest BCUT2D eigenvalue weighted by atomic mass is 14.2. The van der Waals surface area contributed by atoms with Gasteiger partial charge >= 0.3 is 0 Å². The van der Waals surface area contributed by atoms with Crippen LogP contribution in [0.5, 0.6) is 0 Å². The van der Waals surface area contributed by atoms with Gasteiger partial charge in [-0.15, -0.1) is 0 Å². The summed E-state index contributed by atoms with van der Waals surface area (Å²) in [4.78, 5) is 0. The van der Waals surface area contributed by atoms with Crippen LogP contribution in [-0.4, -0.2) is 0 Å². The molecule has 0 nitrogen and oxygen atoms in total. The van der Waals surface area contributed by atoms with E-state index in [-0.39, 0.29) is 0 Å². The molecule has 0 aromatic heterocycles. The average Bonchev–Trinajstić information content (AvgIpc) is 2.59. The molecule has 0 aliphatic carbocycles. The second kappa shape index (κ2) is 4.20. The number of fused-ring (bicyclic) bond motifs is 2. The summed E-state index contributed by atoms with van der Waals surface area (Å²) >= 11 is 0. The fraction of sp³-hybridized carbons (Fsp3) is 0.0909. The molecule has 0 aliphatic heterocycles. The number of rotatable bonds is 1. The minimum atomic E-state index is 1.07. The van der Waals surface area contributed by atoms with Gasteiger partial charge in [-0.1, -0.05) is 73.7 Å². The van der Waals surface area contributed by atoms with E-state index in [1.165, 1.54) is 48.7 Å². The van der Waals surface area contributed by atoms with Crippen molar-refractivity contribution in [2.45, 2.75) is 13.3 Å². The van der Waals surface area contributed by atoms with E-state index in [2.05, 4.69) is 73.7 Å². The summed E-state index contributed by atoms with van der Waals surface area (Å²) in [5.74, 6) is 0. The lowest BCUT2D eigenvalue weighted by Crippen LogP contribution is -1.90. The van der Waals surface area contributed by atoms with Crippen molar-refractivity contribution in [3.8, 4) is 0 Å². The van der Waals surface area contributed by atoms with Crippen molar-refractivity contribution in [3.63, 3.8) is 0 Å². The third-order valence-corrected chi connectivity index (χ3v) is 4.98. The smallest absolute Gasteiger partial charge is 0.00236 e. The van der Waals surface area contributed by atoms with Crippen LogP contribution in [0.2, 0.25) is 0 Å². The SMILES string of the molecule is CCc1ccc2cccc3c4cccc5cccc(c1c23)c54. The summed E-state index contributed by atoms with van der Waals surface area (Å²) in [5, 5.41) is 11.1. The lowest BCUT2D eigenvalue weighted by atomic mass is 9.87. The molecule has 0 amide bonds. The van der Waals surface area contributed by atoms with E-state index >= 15 is 0 Å². The molecular formula is C22H16. The minimum absolute atomic E-state index is 1.07. The molecule has 22 heavy (non-hydrogen) atoms. The Hall–Kier alpha value is -2.60. The van der Waals surface area contributed by atoms with Crippen molar-refractivity contribution in [1.82, 2.24) is 0 Å². The predicted octanol–water partition coefficient (Wildman–Crippen LogP) is 6.30. The van der Waals surface area contributed by atoms with E-state index < -0.39 is 0 Å². The van der Waals surface area contributed by atoms with Crippen molar-refractivity contribution < 1.29 is 0 Å². The average molecular weight is 280 g/mol. The third kappa shape index (κ3) is 1.37. The highest BCUT2D eigenvalue weighted by Crippen LogP contribution is 2.41. The van der Waals surface area contributed by atoms with E-state index in [4.69, 9.17) is 0 Å². The molecular weight excluding hydrogens is 264 g/mol. The molecule has 0 N–H and O–H groups in total. The van der Waals surface area contributed by atoms with Gasteiger partial charge in [0.05, 0.1) is 0 Å². The van der Waals surface area contributed by atoms with Crippen LogP contribution < -0.4 is 0 Å². The normalized spacial score (nSPS) is 12.0. The molecule has 0 saturated heterocycles. The van der Waals surface area contributed by atoms with Crippen molar-refractivity contribution in [3.05, 3.63) is 72.3 Å². The zero-order valence-electron chi connectivity index (χ0n) is 12.6. The lowest BCUT2D eigenvalue weighted by Gasteiger charge is -2.16. The van der Waals surface area contributed by atoms with Gasteiger partial charge in [0.1, 0.15) is 0 Å². The third-order valence-electron chi connectivity index (χ3n) is 4.98. The standard InChI is InChI=1S/C22H16/c1-2-14-12-13-16-8-4-10-18-17-9-3-6-15-7-5-11-19(20(15)17)21(14)22(16)18/h3-13H,2H2,1H3. The van der Waals surface area contributed by atoms with Crippen molar-refractivity contribution in [2.75, 3.05) is 0 Å². The maximum absolute atomic E-state index is 2.30. The largest absolute Gasteiger partial charge is 0.0613 e. The fourth-order valence-electron chi connectivity index (χ4n) is 4.02. The van der Waals surface area contributed by atoms with E-state index in [0.29, 0.717) is 0 Å². The molecule has 5 aromatic carbocycles. The summed E-state index contributed by atoms with van der Waals surface area (Å²) in [6.45, 7) is 2.25. The molecule has 0 bridgehead atoms. The minimum Gasteiger partial charge on any atom is -0.0613 e. The first-order chi connectivity index (χ1) is 10.9. The maximum Gasteiger partial charge on any atom is -0.00236 e. The van der Waals surface area contributed by atoms with E-state index in [1.807, 2.05) is 0 Å². The molecule has 0 spiro atoms. The van der Waals surface area contributed by atoms with Crippen LogP contribution in [0.3, 0.4) is 0 Å². The molecule has 0 radical (unpaired) electrons. The van der Waals surface area contributed by atoms with E-state index in [9.17, 15) is 0 Å². The molecule has 5 aromatic rings. The monoisotopic (exact) mass is 280 g/mol. The summed E-state index contributed by atoms with van der Waals surface area (Å²) < 4.78 is 0. The van der Waals surface area contributed by atoms with Crippen molar-refractivity contribution >= 4 is 43.1 Å². The summed E-state index contributed by atoms with van der Waals surface area (Å²) in [5.41, 5.74) is 1.45. The van der Waals surface area contributed by atoms with E-state index in [0.717, 1.165) is 6.42 Å². The molecule has 0 heterocycles. The van der Waals surface area contributed by atoms with Crippen LogP contribution >= 0.6 is 0 Å². The Morgan fingerprint density at radius 3 is 1.82 bits per heavy atom. The molecule has 0 aliphatic rings. The topological polar surface area (TPSA) is 0 Å². The summed E-state index contributed by atoms with van der Waals surface area (Å²) in [6, 6.07) is 24.6. The molecule has 0 heteroatoms. The van der Waals surface area contributed by atoms with Crippen molar-refractivity contribution in [1.29, 1.82) is 0 Å². The molecule has 5 rings (SSSR count). The Balaban J connectivity index is 2.28. The van der Waals surface area contributed by atoms with Crippen molar-refractivity contribution in [2.24, 2.45) is 0 Å². The lowest BCUT2D eigenvalue weighted by molar-refractivity contribution is 1.16. The van der Waals surface area contributed by atoms with Gasteiger partial charge in [0.2, 0.25) is 0 Å². The van der Waals surface area contributed by atoms with Crippen LogP contribution in [0.4, 0.5) is 0 Å². The van der Waals surface area contributed by atoms with Gasteiger partial charge < -0.3 is 0 Å². The van der Waals surface area contributed by atoms with E-state index in [1.54, 1.807) is 0 Å². The quantitative estimate of drug-likeness (QED) is 0.250. The van der Waals surface area contributed by atoms with Gasteiger partial charge in [-0.3, -0.25) is 0 Å². The Kier molecular flexibility index (Phi) is 2.29.